The van der Waals surface area contributed by atoms with Crippen LogP contribution in [0.15, 0.2) is 53.5 Å². The Hall–Kier alpha value is -3.95. The Morgan fingerprint density at radius 1 is 1.08 bits per heavy atom. The Balaban J connectivity index is 1.51. The molecule has 2 aromatic carbocycles. The van der Waals surface area contributed by atoms with E-state index < -0.39 is 17.4 Å². The van der Waals surface area contributed by atoms with Crippen molar-refractivity contribution in [1.29, 1.82) is 0 Å². The van der Waals surface area contributed by atoms with Gasteiger partial charge in [-0.25, -0.2) is 14.2 Å². The number of ether oxygens (including phenoxy) is 1. The van der Waals surface area contributed by atoms with Gasteiger partial charge in [-0.1, -0.05) is 38.1 Å². The molecule has 9 nitrogen and oxygen atoms in total. The topological polar surface area (TPSA) is 109 Å². The number of nitrogens with zero attached hydrogens (tertiary/aromatic N) is 4. The van der Waals surface area contributed by atoms with Gasteiger partial charge in [0, 0.05) is 31.7 Å². The Kier molecular flexibility index (Phi) is 7.47. The number of aliphatic imine (C=N–C) groups is 1. The largest absolute Gasteiger partial charge is 0.453 e. The van der Waals surface area contributed by atoms with Crippen molar-refractivity contribution < 1.29 is 23.5 Å². The highest BCUT2D eigenvalue weighted by atomic mass is 19.1. The third-order valence-electron chi connectivity index (χ3n) is 6.72. The van der Waals surface area contributed by atoms with Gasteiger partial charge in [-0.15, -0.1) is 0 Å². The minimum Gasteiger partial charge on any atom is -0.453 e. The number of guanidine groups is 1. The number of hydrogen-bond acceptors (Lipinski definition) is 6. The van der Waals surface area contributed by atoms with Crippen LogP contribution in [0.1, 0.15) is 41.8 Å². The zero-order valence-electron chi connectivity index (χ0n) is 21.3. The molecule has 0 saturated carbocycles. The van der Waals surface area contributed by atoms with Crippen molar-refractivity contribution in [1.82, 2.24) is 14.7 Å². The first-order valence-corrected chi connectivity index (χ1v) is 12.3. The predicted molar refractivity (Wildman–Crippen MR) is 136 cm³/mol. The van der Waals surface area contributed by atoms with E-state index in [0.29, 0.717) is 43.7 Å². The van der Waals surface area contributed by atoms with E-state index in [0.717, 1.165) is 5.56 Å². The maximum atomic E-state index is 13.8. The van der Waals surface area contributed by atoms with Crippen molar-refractivity contribution in [3.05, 3.63) is 71.0 Å². The lowest BCUT2D eigenvalue weighted by Crippen LogP contribution is -2.50. The van der Waals surface area contributed by atoms with Gasteiger partial charge in [0.25, 0.3) is 11.8 Å². The molecule has 196 valence electrons. The van der Waals surface area contributed by atoms with E-state index in [1.807, 2.05) is 19.9 Å². The lowest BCUT2D eigenvalue weighted by molar-refractivity contribution is -0.132. The highest BCUT2D eigenvalue weighted by molar-refractivity contribution is 6.07. The third kappa shape index (κ3) is 5.28. The molecular formula is C27H32FN5O4. The van der Waals surface area contributed by atoms with Gasteiger partial charge in [0.2, 0.25) is 0 Å². The molecule has 0 aromatic heterocycles. The number of methoxy groups -OCH3 is 1. The highest BCUT2D eigenvalue weighted by Gasteiger charge is 2.49. The number of rotatable bonds is 6. The molecule has 2 aliphatic rings. The molecule has 1 fully saturated rings. The summed E-state index contributed by atoms with van der Waals surface area (Å²) in [6.45, 7) is 5.73. The van der Waals surface area contributed by atoms with Crippen LogP contribution in [0.25, 0.3) is 0 Å². The number of piperazine rings is 1. The molecule has 37 heavy (non-hydrogen) atoms. The number of benzene rings is 2. The highest BCUT2D eigenvalue weighted by Crippen LogP contribution is 2.39. The monoisotopic (exact) mass is 509 g/mol. The standard InChI is InChI=1S/C27H32FN5O4/c1-18(2)16-27(21-7-9-22(28)10-8-21)24(35)33(25(29)30-27)17-19-5-4-6-20(15-19)23(34)31-11-13-32(14-12-31)26(36)37-3/h4-10,15,18H,11-14,16-17H2,1-3H3,(H2,29,30)/t27-/m1/s1. The summed E-state index contributed by atoms with van der Waals surface area (Å²) in [5, 5.41) is 0. The minimum atomic E-state index is -1.22. The van der Waals surface area contributed by atoms with Crippen LogP contribution in [-0.4, -0.2) is 71.9 Å². The second kappa shape index (κ2) is 10.6. The van der Waals surface area contributed by atoms with Crippen molar-refractivity contribution in [2.24, 2.45) is 16.6 Å². The molecule has 2 N–H and O–H groups in total. The third-order valence-corrected chi connectivity index (χ3v) is 6.72. The maximum absolute atomic E-state index is 13.8. The lowest BCUT2D eigenvalue weighted by atomic mass is 9.82. The summed E-state index contributed by atoms with van der Waals surface area (Å²) in [6, 6.07) is 12.9. The fourth-order valence-corrected chi connectivity index (χ4v) is 4.93. The zero-order chi connectivity index (χ0) is 26.7. The molecule has 0 aliphatic carbocycles. The summed E-state index contributed by atoms with van der Waals surface area (Å²) in [5.74, 6) is -0.602. The van der Waals surface area contributed by atoms with Gasteiger partial charge >= 0.3 is 6.09 Å². The zero-order valence-corrected chi connectivity index (χ0v) is 21.3. The van der Waals surface area contributed by atoms with Crippen LogP contribution >= 0.6 is 0 Å². The van der Waals surface area contributed by atoms with Gasteiger partial charge in [-0.2, -0.15) is 0 Å². The summed E-state index contributed by atoms with van der Waals surface area (Å²) in [6.07, 6.45) is 0.0166. The molecule has 2 aromatic rings. The smallest absolute Gasteiger partial charge is 0.409 e. The first-order chi connectivity index (χ1) is 17.6. The van der Waals surface area contributed by atoms with Gasteiger partial charge in [0.15, 0.2) is 11.5 Å². The Morgan fingerprint density at radius 3 is 2.35 bits per heavy atom. The van der Waals surface area contributed by atoms with Crippen molar-refractivity contribution >= 4 is 23.9 Å². The molecular weight excluding hydrogens is 477 g/mol. The molecule has 1 atom stereocenters. The molecule has 1 saturated heterocycles. The Morgan fingerprint density at radius 2 is 1.73 bits per heavy atom. The van der Waals surface area contributed by atoms with Crippen LogP contribution in [0.4, 0.5) is 9.18 Å². The first kappa shape index (κ1) is 26.1. The van der Waals surface area contributed by atoms with Crippen molar-refractivity contribution in [2.75, 3.05) is 33.3 Å². The van der Waals surface area contributed by atoms with Crippen molar-refractivity contribution in [3.63, 3.8) is 0 Å². The number of halogens is 1. The average Bonchev–Trinajstić information content (AvgIpc) is 3.12. The van der Waals surface area contributed by atoms with E-state index in [-0.39, 0.29) is 30.2 Å². The van der Waals surface area contributed by atoms with Gasteiger partial charge in [-0.05, 0) is 47.7 Å². The van der Waals surface area contributed by atoms with Gasteiger partial charge in [0.05, 0.1) is 13.7 Å². The fraction of sp³-hybridized carbons (Fsp3) is 0.407. The summed E-state index contributed by atoms with van der Waals surface area (Å²) in [5.41, 5.74) is 6.84. The van der Waals surface area contributed by atoms with Crippen LogP contribution in [0.5, 0.6) is 0 Å². The number of carbonyl (C=O) groups is 3. The van der Waals surface area contributed by atoms with Crippen LogP contribution in [0.2, 0.25) is 0 Å². The maximum Gasteiger partial charge on any atom is 0.409 e. The SMILES string of the molecule is COC(=O)N1CCN(C(=O)c2cccc(CN3C(=O)[C@@](CC(C)C)(c4ccc(F)cc4)N=C3N)c2)CC1. The normalized spacial score (nSPS) is 19.9. The van der Waals surface area contributed by atoms with E-state index in [2.05, 4.69) is 4.99 Å². The van der Waals surface area contributed by atoms with Crippen LogP contribution in [0.3, 0.4) is 0 Å². The van der Waals surface area contributed by atoms with E-state index in [4.69, 9.17) is 10.5 Å². The molecule has 0 bridgehead atoms. The molecule has 0 radical (unpaired) electrons. The molecule has 10 heteroatoms. The van der Waals surface area contributed by atoms with Gasteiger partial charge in [0.1, 0.15) is 5.82 Å². The molecule has 0 spiro atoms. The molecule has 2 heterocycles. The average molecular weight is 510 g/mol. The number of hydrogen-bond donors (Lipinski definition) is 1. The predicted octanol–water partition coefficient (Wildman–Crippen LogP) is 2.95. The second-order valence-corrected chi connectivity index (χ2v) is 9.78. The van der Waals surface area contributed by atoms with Crippen molar-refractivity contribution in [2.45, 2.75) is 32.4 Å². The minimum absolute atomic E-state index is 0.0886. The molecule has 4 rings (SSSR count). The summed E-state index contributed by atoms with van der Waals surface area (Å²) in [4.78, 5) is 47.9. The van der Waals surface area contributed by atoms with Crippen LogP contribution < -0.4 is 5.73 Å². The summed E-state index contributed by atoms with van der Waals surface area (Å²) < 4.78 is 18.3. The number of carbonyl (C=O) groups excluding carboxylic acids is 3. The number of nitrogens with two attached hydrogens (primary N) is 1. The van der Waals surface area contributed by atoms with Gasteiger partial charge in [-0.3, -0.25) is 14.5 Å². The quantitative estimate of drug-likeness (QED) is 0.644. The number of amides is 3. The molecule has 3 amide bonds. The lowest BCUT2D eigenvalue weighted by Gasteiger charge is -2.34. The van der Waals surface area contributed by atoms with E-state index in [1.54, 1.807) is 40.1 Å². The second-order valence-electron chi connectivity index (χ2n) is 9.78. The molecule has 2 aliphatic heterocycles. The van der Waals surface area contributed by atoms with E-state index in [1.165, 1.54) is 24.1 Å². The first-order valence-electron chi connectivity index (χ1n) is 12.3. The fourth-order valence-electron chi connectivity index (χ4n) is 4.93. The summed E-state index contributed by atoms with van der Waals surface area (Å²) >= 11 is 0. The van der Waals surface area contributed by atoms with Crippen LogP contribution in [0, 0.1) is 11.7 Å². The summed E-state index contributed by atoms with van der Waals surface area (Å²) in [7, 11) is 1.33. The van der Waals surface area contributed by atoms with E-state index >= 15 is 0 Å². The molecule has 0 unspecified atom stereocenters. The van der Waals surface area contributed by atoms with E-state index in [9.17, 15) is 18.8 Å². The Bertz CT molecular complexity index is 1210. The Labute approximate surface area is 215 Å². The van der Waals surface area contributed by atoms with Crippen molar-refractivity contribution in [3.8, 4) is 0 Å². The van der Waals surface area contributed by atoms with Crippen LogP contribution in [-0.2, 0) is 21.6 Å². The van der Waals surface area contributed by atoms with Gasteiger partial charge < -0.3 is 20.3 Å².